The summed E-state index contributed by atoms with van der Waals surface area (Å²) >= 11 is 6.10. The smallest absolute Gasteiger partial charge is 0.275 e. The first-order valence-corrected chi connectivity index (χ1v) is 10.5. The summed E-state index contributed by atoms with van der Waals surface area (Å²) < 4.78 is 0. The number of hydrogen-bond donors (Lipinski definition) is 3. The van der Waals surface area contributed by atoms with Gasteiger partial charge in [-0.1, -0.05) is 66.2 Å². The van der Waals surface area contributed by atoms with Gasteiger partial charge in [0.25, 0.3) is 11.8 Å². The van der Waals surface area contributed by atoms with Crippen LogP contribution in [0, 0.1) is 0 Å². The fourth-order valence-corrected chi connectivity index (χ4v) is 3.64. The summed E-state index contributed by atoms with van der Waals surface area (Å²) in [5, 5.41) is 19.1. The first-order valence-electron chi connectivity index (χ1n) is 10.2. The van der Waals surface area contributed by atoms with Gasteiger partial charge in [0.1, 0.15) is 5.75 Å². The van der Waals surface area contributed by atoms with Crippen molar-refractivity contribution in [2.75, 3.05) is 5.32 Å². The molecular weight excluding hydrogens is 438 g/mol. The van der Waals surface area contributed by atoms with Crippen LogP contribution in [0.15, 0.2) is 90.0 Å². The number of carbonyl (C=O) groups is 2. The van der Waals surface area contributed by atoms with E-state index >= 15 is 0 Å². The number of phenolic OH excluding ortho intramolecular Hbond substituents is 1. The molecule has 4 aromatic rings. The van der Waals surface area contributed by atoms with Gasteiger partial charge in [0.2, 0.25) is 0 Å². The summed E-state index contributed by atoms with van der Waals surface area (Å²) in [6, 6.07) is 24.4. The quantitative estimate of drug-likeness (QED) is 0.269. The number of benzene rings is 4. The lowest BCUT2D eigenvalue weighted by Crippen LogP contribution is -2.20. The fraction of sp³-hybridized carbons (Fsp3) is 0.0385. The van der Waals surface area contributed by atoms with E-state index in [0.717, 1.165) is 5.39 Å². The first kappa shape index (κ1) is 22.0. The van der Waals surface area contributed by atoms with Gasteiger partial charge in [-0.15, -0.1) is 0 Å². The second-order valence-electron chi connectivity index (χ2n) is 7.33. The van der Waals surface area contributed by atoms with E-state index in [0.29, 0.717) is 32.9 Å². The summed E-state index contributed by atoms with van der Waals surface area (Å²) in [7, 11) is 0. The van der Waals surface area contributed by atoms with Crippen LogP contribution in [0.1, 0.15) is 33.2 Å². The maximum Gasteiger partial charge on any atom is 0.275 e. The van der Waals surface area contributed by atoms with Gasteiger partial charge < -0.3 is 10.4 Å². The van der Waals surface area contributed by atoms with Crippen molar-refractivity contribution in [3.63, 3.8) is 0 Å². The van der Waals surface area contributed by atoms with Gasteiger partial charge in [0.05, 0.1) is 21.9 Å². The molecule has 3 N–H and O–H groups in total. The van der Waals surface area contributed by atoms with E-state index in [1.807, 2.05) is 18.2 Å². The third-order valence-electron chi connectivity index (χ3n) is 5.12. The van der Waals surface area contributed by atoms with Gasteiger partial charge in [-0.3, -0.25) is 9.59 Å². The molecule has 0 heterocycles. The molecule has 0 atom stereocenters. The molecule has 0 saturated carbocycles. The summed E-state index contributed by atoms with van der Waals surface area (Å²) in [6.07, 6.45) is 0. The van der Waals surface area contributed by atoms with E-state index in [1.165, 1.54) is 6.07 Å². The van der Waals surface area contributed by atoms with Crippen molar-refractivity contribution < 1.29 is 14.7 Å². The zero-order valence-corrected chi connectivity index (χ0v) is 18.4. The molecule has 0 aromatic heterocycles. The summed E-state index contributed by atoms with van der Waals surface area (Å²) in [5.41, 5.74) is 4.83. The number of phenols is 1. The third-order valence-corrected chi connectivity index (χ3v) is 5.45. The number of hydrogen-bond acceptors (Lipinski definition) is 4. The average molecular weight is 458 g/mol. The molecule has 0 saturated heterocycles. The Bertz CT molecular complexity index is 1400. The fourth-order valence-electron chi connectivity index (χ4n) is 3.42. The topological polar surface area (TPSA) is 90.8 Å². The molecule has 0 bridgehead atoms. The predicted molar refractivity (Wildman–Crippen MR) is 131 cm³/mol. The molecule has 0 spiro atoms. The molecule has 164 valence electrons. The number of nitrogens with zero attached hydrogens (tertiary/aromatic N) is 1. The molecule has 0 radical (unpaired) electrons. The molecule has 4 aromatic carbocycles. The molecule has 0 aliphatic heterocycles. The molecule has 4 rings (SSSR count). The van der Waals surface area contributed by atoms with Crippen LogP contribution in [0.5, 0.6) is 5.75 Å². The normalized spacial score (nSPS) is 11.3. The maximum absolute atomic E-state index is 12.8. The van der Waals surface area contributed by atoms with Crippen LogP contribution in [0.3, 0.4) is 0 Å². The molecule has 0 aliphatic rings. The van der Waals surface area contributed by atoms with Gasteiger partial charge in [0, 0.05) is 5.69 Å². The van der Waals surface area contributed by atoms with Crippen LogP contribution in [0.4, 0.5) is 5.69 Å². The molecule has 2 amide bonds. The predicted octanol–water partition coefficient (Wildman–Crippen LogP) is 5.61. The minimum Gasteiger partial charge on any atom is -0.507 e. The minimum atomic E-state index is -0.521. The number of aromatic hydroxyl groups is 1. The van der Waals surface area contributed by atoms with E-state index in [-0.39, 0.29) is 17.2 Å². The molecule has 6 nitrogen and oxygen atoms in total. The van der Waals surface area contributed by atoms with Gasteiger partial charge >= 0.3 is 0 Å². The van der Waals surface area contributed by atoms with E-state index < -0.39 is 5.91 Å². The Kier molecular flexibility index (Phi) is 6.38. The second-order valence-corrected chi connectivity index (χ2v) is 7.74. The minimum absolute atomic E-state index is 0.122. The van der Waals surface area contributed by atoms with Crippen LogP contribution >= 0.6 is 11.6 Å². The highest BCUT2D eigenvalue weighted by atomic mass is 35.5. The summed E-state index contributed by atoms with van der Waals surface area (Å²) in [5.74, 6) is -0.970. The largest absolute Gasteiger partial charge is 0.507 e. The Morgan fingerprint density at radius 2 is 1.64 bits per heavy atom. The van der Waals surface area contributed by atoms with E-state index in [2.05, 4.69) is 15.8 Å². The number of halogens is 1. The van der Waals surface area contributed by atoms with Crippen molar-refractivity contribution in [3.8, 4) is 5.75 Å². The monoisotopic (exact) mass is 457 g/mol. The Labute approximate surface area is 195 Å². The maximum atomic E-state index is 12.8. The summed E-state index contributed by atoms with van der Waals surface area (Å²) in [6.45, 7) is 1.73. The van der Waals surface area contributed by atoms with Crippen molar-refractivity contribution in [1.82, 2.24) is 5.43 Å². The molecule has 0 fully saturated rings. The average Bonchev–Trinajstić information content (AvgIpc) is 2.82. The van der Waals surface area contributed by atoms with Crippen LogP contribution < -0.4 is 10.7 Å². The third kappa shape index (κ3) is 4.86. The Balaban J connectivity index is 1.52. The van der Waals surface area contributed by atoms with Gasteiger partial charge in [-0.25, -0.2) is 5.43 Å². The van der Waals surface area contributed by atoms with Crippen LogP contribution in [0.2, 0.25) is 5.02 Å². The van der Waals surface area contributed by atoms with Gasteiger partial charge in [-0.05, 0) is 53.6 Å². The van der Waals surface area contributed by atoms with E-state index in [9.17, 15) is 14.7 Å². The Morgan fingerprint density at radius 3 is 2.45 bits per heavy atom. The molecule has 0 unspecified atom stereocenters. The SMILES string of the molecule is C/C(=N/NC(=O)c1c(O)ccc2ccccc12)c1cccc(NC(=O)c2ccccc2Cl)c1. The van der Waals surface area contributed by atoms with Crippen LogP contribution in [0.25, 0.3) is 10.8 Å². The number of nitrogens with one attached hydrogen (secondary N) is 2. The number of hydrazone groups is 1. The zero-order chi connectivity index (χ0) is 23.4. The lowest BCUT2D eigenvalue weighted by molar-refractivity contribution is 0.0953. The summed E-state index contributed by atoms with van der Waals surface area (Å²) in [4.78, 5) is 25.3. The first-order chi connectivity index (χ1) is 15.9. The molecule has 0 aliphatic carbocycles. The lowest BCUT2D eigenvalue weighted by atomic mass is 10.0. The Hall–Kier alpha value is -4.16. The van der Waals surface area contributed by atoms with Crippen LogP contribution in [-0.4, -0.2) is 22.6 Å². The number of carbonyl (C=O) groups excluding carboxylic acids is 2. The highest BCUT2D eigenvalue weighted by Gasteiger charge is 2.15. The van der Waals surface area contributed by atoms with Gasteiger partial charge in [-0.2, -0.15) is 5.10 Å². The second kappa shape index (κ2) is 9.54. The number of fused-ring (bicyclic) bond motifs is 1. The van der Waals surface area contributed by atoms with Crippen molar-refractivity contribution in [2.24, 2.45) is 5.10 Å². The van der Waals surface area contributed by atoms with E-state index in [1.54, 1.807) is 67.6 Å². The number of rotatable bonds is 5. The lowest BCUT2D eigenvalue weighted by Gasteiger charge is -2.10. The number of anilines is 1. The highest BCUT2D eigenvalue weighted by Crippen LogP contribution is 2.27. The molecule has 7 heteroatoms. The molecular formula is C26H20ClN3O3. The van der Waals surface area contributed by atoms with Crippen molar-refractivity contribution in [1.29, 1.82) is 0 Å². The van der Waals surface area contributed by atoms with Crippen molar-refractivity contribution >= 4 is 45.6 Å². The number of amides is 2. The van der Waals surface area contributed by atoms with Gasteiger partial charge in [0.15, 0.2) is 0 Å². The molecule has 33 heavy (non-hydrogen) atoms. The van der Waals surface area contributed by atoms with E-state index in [4.69, 9.17) is 11.6 Å². The van der Waals surface area contributed by atoms with Crippen molar-refractivity contribution in [2.45, 2.75) is 6.92 Å². The van der Waals surface area contributed by atoms with Crippen molar-refractivity contribution in [3.05, 3.63) is 107 Å². The Morgan fingerprint density at radius 1 is 0.879 bits per heavy atom. The highest BCUT2D eigenvalue weighted by molar-refractivity contribution is 6.34. The standard InChI is InChI=1S/C26H20ClN3O3/c1-16(29-30-26(33)24-20-10-3-2-7-17(20)13-14-23(24)31)18-8-6-9-19(15-18)28-25(32)21-11-4-5-12-22(21)27/h2-15,31H,1H3,(H,28,32)(H,30,33)/b29-16-. The zero-order valence-electron chi connectivity index (χ0n) is 17.7. The van der Waals surface area contributed by atoms with Crippen LogP contribution in [-0.2, 0) is 0 Å².